The highest BCUT2D eigenvalue weighted by Crippen LogP contribution is 2.18. The molecule has 4 nitrogen and oxygen atoms in total. The van der Waals surface area contributed by atoms with Crippen molar-refractivity contribution in [2.75, 3.05) is 0 Å². The Kier molecular flexibility index (Phi) is 3.22. The number of nitriles is 1. The summed E-state index contributed by atoms with van der Waals surface area (Å²) in [7, 11) is 1.84. The lowest BCUT2D eigenvalue weighted by atomic mass is 10.0. The van der Waals surface area contributed by atoms with Gasteiger partial charge in [-0.05, 0) is 23.3 Å². The monoisotopic (exact) mass is 227 g/mol. The van der Waals surface area contributed by atoms with Gasteiger partial charge in [0.2, 0.25) is 0 Å². The van der Waals surface area contributed by atoms with Crippen molar-refractivity contribution in [1.82, 2.24) is 9.78 Å². The molecule has 0 fully saturated rings. The highest BCUT2D eigenvalue weighted by atomic mass is 16.3. The SMILES string of the molecule is Cn1cc(CC(O)c2ccc(C#N)cc2)cn1. The Morgan fingerprint density at radius 2 is 2.12 bits per heavy atom. The Labute approximate surface area is 99.7 Å². The number of aromatic nitrogens is 2. The molecule has 0 aliphatic heterocycles. The summed E-state index contributed by atoms with van der Waals surface area (Å²) in [5, 5.41) is 22.8. The van der Waals surface area contributed by atoms with E-state index in [0.29, 0.717) is 12.0 Å². The van der Waals surface area contributed by atoms with Crippen molar-refractivity contribution in [3.05, 3.63) is 53.3 Å². The molecule has 17 heavy (non-hydrogen) atoms. The quantitative estimate of drug-likeness (QED) is 0.865. The molecular formula is C13H13N3O. The van der Waals surface area contributed by atoms with Gasteiger partial charge in [0.1, 0.15) is 0 Å². The van der Waals surface area contributed by atoms with Gasteiger partial charge in [0.05, 0.1) is 23.9 Å². The molecule has 0 radical (unpaired) electrons. The predicted molar refractivity (Wildman–Crippen MR) is 63.0 cm³/mol. The number of aryl methyl sites for hydroxylation is 1. The standard InChI is InChI=1S/C13H13N3O/c1-16-9-11(8-15-16)6-13(17)12-4-2-10(7-14)3-5-12/h2-5,8-9,13,17H,6H2,1H3. The van der Waals surface area contributed by atoms with E-state index in [1.54, 1.807) is 35.1 Å². The maximum absolute atomic E-state index is 10.0. The summed E-state index contributed by atoms with van der Waals surface area (Å²) in [5.41, 5.74) is 2.40. The van der Waals surface area contributed by atoms with Crippen LogP contribution in [-0.4, -0.2) is 14.9 Å². The third-order valence-electron chi connectivity index (χ3n) is 2.61. The van der Waals surface area contributed by atoms with Crippen LogP contribution in [0.15, 0.2) is 36.7 Å². The second-order valence-electron chi connectivity index (χ2n) is 3.98. The highest BCUT2D eigenvalue weighted by Gasteiger charge is 2.09. The molecule has 0 bridgehead atoms. The Balaban J connectivity index is 2.09. The molecule has 1 unspecified atom stereocenters. The average Bonchev–Trinajstić information content (AvgIpc) is 2.75. The predicted octanol–water partition coefficient (Wildman–Crippen LogP) is 1.57. The number of aliphatic hydroxyl groups is 1. The van der Waals surface area contributed by atoms with Crippen LogP contribution in [0.4, 0.5) is 0 Å². The summed E-state index contributed by atoms with van der Waals surface area (Å²) in [5.74, 6) is 0. The molecule has 2 rings (SSSR count). The fourth-order valence-corrected chi connectivity index (χ4v) is 1.70. The van der Waals surface area contributed by atoms with Crippen LogP contribution < -0.4 is 0 Å². The van der Waals surface area contributed by atoms with Crippen LogP contribution in [0.25, 0.3) is 0 Å². The molecule has 1 aromatic heterocycles. The van der Waals surface area contributed by atoms with Crippen LogP contribution in [0.3, 0.4) is 0 Å². The van der Waals surface area contributed by atoms with Crippen molar-refractivity contribution in [3.8, 4) is 6.07 Å². The first-order chi connectivity index (χ1) is 8.19. The lowest BCUT2D eigenvalue weighted by Gasteiger charge is -2.09. The maximum Gasteiger partial charge on any atom is 0.0991 e. The average molecular weight is 227 g/mol. The molecule has 0 amide bonds. The van der Waals surface area contributed by atoms with Crippen molar-refractivity contribution in [2.45, 2.75) is 12.5 Å². The third kappa shape index (κ3) is 2.71. The molecule has 2 aromatic rings. The minimum Gasteiger partial charge on any atom is -0.388 e. The van der Waals surface area contributed by atoms with Crippen LogP contribution in [-0.2, 0) is 13.5 Å². The van der Waals surface area contributed by atoms with Crippen LogP contribution in [0, 0.1) is 11.3 Å². The summed E-state index contributed by atoms with van der Waals surface area (Å²) in [4.78, 5) is 0. The van der Waals surface area contributed by atoms with Gasteiger partial charge < -0.3 is 5.11 Å². The van der Waals surface area contributed by atoms with Gasteiger partial charge in [0.15, 0.2) is 0 Å². The maximum atomic E-state index is 10.0. The van der Waals surface area contributed by atoms with Gasteiger partial charge in [-0.15, -0.1) is 0 Å². The van der Waals surface area contributed by atoms with Crippen molar-refractivity contribution < 1.29 is 5.11 Å². The minimum atomic E-state index is -0.563. The van der Waals surface area contributed by atoms with E-state index in [0.717, 1.165) is 11.1 Å². The van der Waals surface area contributed by atoms with Crippen molar-refractivity contribution in [1.29, 1.82) is 5.26 Å². The number of benzene rings is 1. The fourth-order valence-electron chi connectivity index (χ4n) is 1.70. The van der Waals surface area contributed by atoms with Crippen molar-refractivity contribution in [3.63, 3.8) is 0 Å². The van der Waals surface area contributed by atoms with Gasteiger partial charge in [0, 0.05) is 19.7 Å². The first-order valence-electron chi connectivity index (χ1n) is 5.34. The molecular weight excluding hydrogens is 214 g/mol. The van der Waals surface area contributed by atoms with E-state index >= 15 is 0 Å². The summed E-state index contributed by atoms with van der Waals surface area (Å²) < 4.78 is 1.71. The molecule has 1 aromatic carbocycles. The molecule has 1 atom stereocenters. The van der Waals surface area contributed by atoms with E-state index in [4.69, 9.17) is 5.26 Å². The number of hydrogen-bond acceptors (Lipinski definition) is 3. The van der Waals surface area contributed by atoms with Crippen LogP contribution in [0.5, 0.6) is 0 Å². The van der Waals surface area contributed by atoms with Gasteiger partial charge in [-0.25, -0.2) is 0 Å². The van der Waals surface area contributed by atoms with E-state index in [-0.39, 0.29) is 0 Å². The normalized spacial score (nSPS) is 12.1. The Morgan fingerprint density at radius 3 is 2.65 bits per heavy atom. The second-order valence-corrected chi connectivity index (χ2v) is 3.98. The zero-order chi connectivity index (χ0) is 12.3. The molecule has 4 heteroatoms. The van der Waals surface area contributed by atoms with Gasteiger partial charge in [-0.1, -0.05) is 12.1 Å². The highest BCUT2D eigenvalue weighted by molar-refractivity contribution is 5.32. The smallest absolute Gasteiger partial charge is 0.0991 e. The van der Waals surface area contributed by atoms with E-state index in [1.165, 1.54) is 0 Å². The number of rotatable bonds is 3. The van der Waals surface area contributed by atoms with Crippen LogP contribution in [0.2, 0.25) is 0 Å². The fraction of sp³-hybridized carbons (Fsp3) is 0.231. The van der Waals surface area contributed by atoms with Gasteiger partial charge in [-0.2, -0.15) is 10.4 Å². The summed E-state index contributed by atoms with van der Waals surface area (Å²) in [6.45, 7) is 0. The molecule has 86 valence electrons. The summed E-state index contributed by atoms with van der Waals surface area (Å²) >= 11 is 0. The Bertz CT molecular complexity index is 537. The molecule has 0 aliphatic carbocycles. The third-order valence-corrected chi connectivity index (χ3v) is 2.61. The number of aliphatic hydroxyl groups excluding tert-OH is 1. The van der Waals surface area contributed by atoms with Gasteiger partial charge in [-0.3, -0.25) is 4.68 Å². The van der Waals surface area contributed by atoms with Crippen LogP contribution in [0.1, 0.15) is 22.8 Å². The van der Waals surface area contributed by atoms with E-state index in [2.05, 4.69) is 11.2 Å². The van der Waals surface area contributed by atoms with E-state index in [1.807, 2.05) is 13.2 Å². The lowest BCUT2D eigenvalue weighted by Crippen LogP contribution is -2.01. The molecule has 1 N–H and O–H groups in total. The van der Waals surface area contributed by atoms with Gasteiger partial charge >= 0.3 is 0 Å². The lowest BCUT2D eigenvalue weighted by molar-refractivity contribution is 0.178. The number of hydrogen-bond donors (Lipinski definition) is 1. The minimum absolute atomic E-state index is 0.528. The topological polar surface area (TPSA) is 61.8 Å². The van der Waals surface area contributed by atoms with Crippen molar-refractivity contribution >= 4 is 0 Å². The first kappa shape index (κ1) is 11.4. The first-order valence-corrected chi connectivity index (χ1v) is 5.34. The van der Waals surface area contributed by atoms with Crippen LogP contribution >= 0.6 is 0 Å². The zero-order valence-electron chi connectivity index (χ0n) is 9.54. The molecule has 0 saturated carbocycles. The zero-order valence-corrected chi connectivity index (χ0v) is 9.54. The molecule has 1 heterocycles. The summed E-state index contributed by atoms with van der Waals surface area (Å²) in [6, 6.07) is 9.03. The van der Waals surface area contributed by atoms with E-state index < -0.39 is 6.10 Å². The second kappa shape index (κ2) is 4.81. The van der Waals surface area contributed by atoms with Crippen molar-refractivity contribution in [2.24, 2.45) is 7.05 Å². The molecule has 0 spiro atoms. The molecule has 0 saturated heterocycles. The van der Waals surface area contributed by atoms with E-state index in [9.17, 15) is 5.11 Å². The number of nitrogens with zero attached hydrogens (tertiary/aromatic N) is 3. The Morgan fingerprint density at radius 1 is 1.41 bits per heavy atom. The molecule has 0 aliphatic rings. The Hall–Kier alpha value is -2.12. The largest absolute Gasteiger partial charge is 0.388 e. The summed E-state index contributed by atoms with van der Waals surface area (Å²) in [6.07, 6.45) is 3.59. The van der Waals surface area contributed by atoms with Gasteiger partial charge in [0.25, 0.3) is 0 Å².